The molecule has 2 saturated heterocycles. The zero-order valence-corrected chi connectivity index (χ0v) is 9.83. The van der Waals surface area contributed by atoms with Gasteiger partial charge in [0.05, 0.1) is 13.2 Å². The van der Waals surface area contributed by atoms with Gasteiger partial charge in [-0.2, -0.15) is 0 Å². The highest BCUT2D eigenvalue weighted by Crippen LogP contribution is 2.52. The molecule has 3 aliphatic rings. The molecule has 4 rings (SSSR count). The summed E-state index contributed by atoms with van der Waals surface area (Å²) in [6.07, 6.45) is 4.56. The van der Waals surface area contributed by atoms with E-state index in [1.165, 1.54) is 5.56 Å². The Labute approximate surface area is 105 Å². The van der Waals surface area contributed by atoms with Gasteiger partial charge in [0.25, 0.3) is 0 Å². The first-order chi connectivity index (χ1) is 8.82. The van der Waals surface area contributed by atoms with Crippen LogP contribution in [-0.4, -0.2) is 31.0 Å². The quantitative estimate of drug-likeness (QED) is 0.645. The van der Waals surface area contributed by atoms with E-state index in [2.05, 4.69) is 12.2 Å². The van der Waals surface area contributed by atoms with E-state index in [4.69, 9.17) is 19.3 Å². The summed E-state index contributed by atoms with van der Waals surface area (Å²) in [4.78, 5) is 0. The van der Waals surface area contributed by atoms with Crippen LogP contribution in [0.15, 0.2) is 30.4 Å². The van der Waals surface area contributed by atoms with E-state index in [1.807, 2.05) is 18.2 Å². The van der Waals surface area contributed by atoms with Gasteiger partial charge in [-0.25, -0.2) is 0 Å². The number of rotatable bonds is 3. The fourth-order valence-corrected chi connectivity index (χ4v) is 2.59. The molecule has 2 fully saturated rings. The number of epoxide rings is 2. The van der Waals surface area contributed by atoms with E-state index < -0.39 is 0 Å². The number of fused-ring (bicyclic) bond motifs is 4. The number of hydrogen-bond donors (Lipinski definition) is 1. The van der Waals surface area contributed by atoms with E-state index in [1.54, 1.807) is 0 Å². The molecule has 0 amide bonds. The number of aliphatic hydroxyl groups excluding tert-OH is 1. The molecule has 3 unspecified atom stereocenters. The van der Waals surface area contributed by atoms with Crippen LogP contribution in [0, 0.1) is 0 Å². The van der Waals surface area contributed by atoms with Crippen LogP contribution in [0.25, 0.3) is 0 Å². The molecule has 1 spiro atoms. The van der Waals surface area contributed by atoms with Crippen molar-refractivity contribution in [2.45, 2.75) is 17.8 Å². The average Bonchev–Trinajstić information content (AvgIpc) is 3.26. The van der Waals surface area contributed by atoms with E-state index >= 15 is 0 Å². The van der Waals surface area contributed by atoms with Gasteiger partial charge in [0.15, 0.2) is 0 Å². The summed E-state index contributed by atoms with van der Waals surface area (Å²) in [5.41, 5.74) is 2.07. The minimum atomic E-state index is -0.259. The molecular formula is C14H14O4. The Hall–Kier alpha value is -1.36. The Morgan fingerprint density at radius 1 is 1.44 bits per heavy atom. The minimum Gasteiger partial charge on any atom is -0.491 e. The van der Waals surface area contributed by atoms with Crippen molar-refractivity contribution < 1.29 is 19.3 Å². The SMILES string of the molecule is OCCOc1ccc2c(c1)C1(C=CC3OC23)CO1. The van der Waals surface area contributed by atoms with Crippen LogP contribution < -0.4 is 4.74 Å². The second-order valence-electron chi connectivity index (χ2n) is 4.88. The largest absolute Gasteiger partial charge is 0.491 e. The summed E-state index contributed by atoms with van der Waals surface area (Å²) in [6, 6.07) is 5.98. The summed E-state index contributed by atoms with van der Waals surface area (Å²) < 4.78 is 16.7. The molecule has 1 aromatic carbocycles. The fraction of sp³-hybridized carbons (Fsp3) is 0.429. The molecule has 1 aromatic rings. The molecule has 4 nitrogen and oxygen atoms in total. The first kappa shape index (κ1) is 10.6. The van der Waals surface area contributed by atoms with Crippen LogP contribution in [0.4, 0.5) is 0 Å². The van der Waals surface area contributed by atoms with Gasteiger partial charge in [-0.1, -0.05) is 12.1 Å². The first-order valence-corrected chi connectivity index (χ1v) is 6.19. The van der Waals surface area contributed by atoms with Gasteiger partial charge < -0.3 is 19.3 Å². The highest BCUT2D eigenvalue weighted by molar-refractivity contribution is 5.49. The molecule has 2 heterocycles. The number of aliphatic hydroxyl groups is 1. The summed E-state index contributed by atoms with van der Waals surface area (Å²) in [5, 5.41) is 8.79. The maximum atomic E-state index is 8.79. The third-order valence-electron chi connectivity index (χ3n) is 3.68. The molecule has 4 heteroatoms. The van der Waals surface area contributed by atoms with Crippen molar-refractivity contribution in [2.24, 2.45) is 0 Å². The first-order valence-electron chi connectivity index (χ1n) is 6.19. The maximum absolute atomic E-state index is 8.79. The van der Waals surface area contributed by atoms with Crippen molar-refractivity contribution in [3.63, 3.8) is 0 Å². The second kappa shape index (κ2) is 3.57. The zero-order valence-electron chi connectivity index (χ0n) is 9.83. The predicted octanol–water partition coefficient (Wildman–Crippen LogP) is 1.29. The van der Waals surface area contributed by atoms with Crippen molar-refractivity contribution >= 4 is 0 Å². The van der Waals surface area contributed by atoms with Crippen molar-refractivity contribution in [1.82, 2.24) is 0 Å². The smallest absolute Gasteiger partial charge is 0.135 e. The van der Waals surface area contributed by atoms with Crippen molar-refractivity contribution in [1.29, 1.82) is 0 Å². The van der Waals surface area contributed by atoms with E-state index in [0.29, 0.717) is 6.61 Å². The molecule has 3 atom stereocenters. The third-order valence-corrected chi connectivity index (χ3v) is 3.68. The lowest BCUT2D eigenvalue weighted by molar-refractivity contribution is 0.201. The molecular weight excluding hydrogens is 232 g/mol. The summed E-state index contributed by atoms with van der Waals surface area (Å²) >= 11 is 0. The second-order valence-corrected chi connectivity index (χ2v) is 4.88. The topological polar surface area (TPSA) is 54.5 Å². The molecule has 18 heavy (non-hydrogen) atoms. The third kappa shape index (κ3) is 1.50. The van der Waals surface area contributed by atoms with Gasteiger partial charge in [-0.05, 0) is 29.3 Å². The highest BCUT2D eigenvalue weighted by Gasteiger charge is 2.52. The van der Waals surface area contributed by atoms with Crippen LogP contribution in [0.1, 0.15) is 17.2 Å². The molecule has 0 aromatic heterocycles. The molecule has 94 valence electrons. The van der Waals surface area contributed by atoms with Gasteiger partial charge in [-0.15, -0.1) is 0 Å². The van der Waals surface area contributed by atoms with Gasteiger partial charge in [-0.3, -0.25) is 0 Å². The lowest BCUT2D eigenvalue weighted by Gasteiger charge is -2.14. The lowest BCUT2D eigenvalue weighted by atomic mass is 9.94. The molecule has 0 saturated carbocycles. The Bertz CT molecular complexity index is 519. The Balaban J connectivity index is 1.75. The van der Waals surface area contributed by atoms with E-state index in [0.717, 1.165) is 17.9 Å². The van der Waals surface area contributed by atoms with Crippen LogP contribution in [0.3, 0.4) is 0 Å². The van der Waals surface area contributed by atoms with Crippen molar-refractivity contribution in [2.75, 3.05) is 19.8 Å². The lowest BCUT2D eigenvalue weighted by Crippen LogP contribution is -2.09. The van der Waals surface area contributed by atoms with Gasteiger partial charge >= 0.3 is 0 Å². The standard InChI is InChI=1S/C14H14O4/c15-5-6-16-9-1-2-10-11(7-9)14(8-17-14)4-3-12-13(10)18-12/h1-4,7,12-13,15H,5-6,8H2. The molecule has 1 aliphatic carbocycles. The van der Waals surface area contributed by atoms with Crippen LogP contribution in [-0.2, 0) is 15.1 Å². The molecule has 0 bridgehead atoms. The molecule has 1 N–H and O–H groups in total. The van der Waals surface area contributed by atoms with Gasteiger partial charge in [0, 0.05) is 0 Å². The summed E-state index contributed by atoms with van der Waals surface area (Å²) in [5.74, 6) is 0.769. The maximum Gasteiger partial charge on any atom is 0.135 e. The Morgan fingerprint density at radius 3 is 3.11 bits per heavy atom. The van der Waals surface area contributed by atoms with E-state index in [-0.39, 0.29) is 24.4 Å². The zero-order chi connectivity index (χ0) is 12.2. The normalized spacial score (nSPS) is 34.7. The Kier molecular flexibility index (Phi) is 2.09. The summed E-state index contributed by atoms with van der Waals surface area (Å²) in [7, 11) is 0. The monoisotopic (exact) mass is 246 g/mol. The van der Waals surface area contributed by atoms with Crippen molar-refractivity contribution in [3.05, 3.63) is 41.5 Å². The molecule has 0 radical (unpaired) electrons. The Morgan fingerprint density at radius 2 is 2.33 bits per heavy atom. The van der Waals surface area contributed by atoms with Crippen LogP contribution >= 0.6 is 0 Å². The highest BCUT2D eigenvalue weighted by atomic mass is 16.6. The number of benzene rings is 1. The van der Waals surface area contributed by atoms with E-state index in [9.17, 15) is 0 Å². The minimum absolute atomic E-state index is 0.0203. The summed E-state index contributed by atoms with van der Waals surface area (Å²) in [6.45, 7) is 1.05. The van der Waals surface area contributed by atoms with Crippen LogP contribution in [0.2, 0.25) is 0 Å². The number of ether oxygens (including phenoxy) is 3. The average molecular weight is 246 g/mol. The van der Waals surface area contributed by atoms with Crippen LogP contribution in [0.5, 0.6) is 5.75 Å². The fourth-order valence-electron chi connectivity index (χ4n) is 2.59. The van der Waals surface area contributed by atoms with Crippen molar-refractivity contribution in [3.8, 4) is 5.75 Å². The van der Waals surface area contributed by atoms with Gasteiger partial charge in [0.1, 0.15) is 30.2 Å². The molecule has 2 aliphatic heterocycles. The number of hydrogen-bond acceptors (Lipinski definition) is 4. The van der Waals surface area contributed by atoms with Gasteiger partial charge in [0.2, 0.25) is 0 Å². The predicted molar refractivity (Wildman–Crippen MR) is 63.4 cm³/mol.